The van der Waals surface area contributed by atoms with Gasteiger partial charge < -0.3 is 19.8 Å². The van der Waals surface area contributed by atoms with E-state index in [9.17, 15) is 9.59 Å². The third kappa shape index (κ3) is 3.54. The smallest absolute Gasteiger partial charge is 0.253 e. The number of nitrogens with one attached hydrogen (secondary N) is 2. The number of ether oxygens (including phenoxy) is 2. The van der Waals surface area contributed by atoms with Crippen LogP contribution in [-0.2, 0) is 6.54 Å². The molecule has 0 unspecified atom stereocenters. The number of aromatic amines is 1. The summed E-state index contributed by atoms with van der Waals surface area (Å²) < 4.78 is 10.4. The molecule has 0 radical (unpaired) electrons. The number of pyridine rings is 1. The zero-order chi connectivity index (χ0) is 18.7. The summed E-state index contributed by atoms with van der Waals surface area (Å²) in [7, 11) is 3.04. The van der Waals surface area contributed by atoms with E-state index in [1.165, 1.54) is 14.2 Å². The van der Waals surface area contributed by atoms with Crippen LogP contribution in [0.1, 0.15) is 21.5 Å². The SMILES string of the molecule is COc1ccc(C(=O)NCc2cc3cc(C)ccc3[nH]c2=O)cc1OC. The Bertz CT molecular complexity index is 1020. The molecule has 0 spiro atoms. The molecule has 0 aliphatic carbocycles. The molecule has 0 fully saturated rings. The quantitative estimate of drug-likeness (QED) is 0.740. The van der Waals surface area contributed by atoms with E-state index in [0.29, 0.717) is 22.6 Å². The second-order valence-corrected chi connectivity index (χ2v) is 5.97. The van der Waals surface area contributed by atoms with Gasteiger partial charge in [0.05, 0.1) is 14.2 Å². The Kier molecular flexibility index (Phi) is 4.93. The summed E-state index contributed by atoms with van der Waals surface area (Å²) in [6, 6.07) is 12.5. The van der Waals surface area contributed by atoms with Gasteiger partial charge in [-0.05, 0) is 48.7 Å². The average molecular weight is 352 g/mol. The number of fused-ring (bicyclic) bond motifs is 1. The Labute approximate surface area is 150 Å². The summed E-state index contributed by atoms with van der Waals surface area (Å²) in [4.78, 5) is 27.4. The highest BCUT2D eigenvalue weighted by atomic mass is 16.5. The number of amides is 1. The first-order valence-corrected chi connectivity index (χ1v) is 8.14. The van der Waals surface area contributed by atoms with Crippen molar-refractivity contribution in [1.82, 2.24) is 10.3 Å². The molecule has 6 nitrogen and oxygen atoms in total. The standard InChI is InChI=1S/C20H20N2O4/c1-12-4-6-16-14(8-12)9-15(20(24)22-16)11-21-19(23)13-5-7-17(25-2)18(10-13)26-3/h4-10H,11H2,1-3H3,(H,21,23)(H,22,24). The Morgan fingerprint density at radius 3 is 2.54 bits per heavy atom. The highest BCUT2D eigenvalue weighted by Gasteiger charge is 2.11. The molecule has 2 N–H and O–H groups in total. The van der Waals surface area contributed by atoms with Crippen molar-refractivity contribution >= 4 is 16.8 Å². The molecule has 0 aliphatic rings. The van der Waals surface area contributed by atoms with Gasteiger partial charge in [-0.25, -0.2) is 0 Å². The van der Waals surface area contributed by atoms with Gasteiger partial charge in [-0.2, -0.15) is 0 Å². The van der Waals surface area contributed by atoms with E-state index in [4.69, 9.17) is 9.47 Å². The van der Waals surface area contributed by atoms with Gasteiger partial charge in [0.15, 0.2) is 11.5 Å². The van der Waals surface area contributed by atoms with E-state index >= 15 is 0 Å². The molecule has 0 saturated heterocycles. The molecule has 3 rings (SSSR count). The molecule has 1 amide bonds. The van der Waals surface area contributed by atoms with Crippen LogP contribution >= 0.6 is 0 Å². The molecule has 0 saturated carbocycles. The lowest BCUT2D eigenvalue weighted by Gasteiger charge is -2.10. The van der Waals surface area contributed by atoms with Crippen molar-refractivity contribution in [3.63, 3.8) is 0 Å². The van der Waals surface area contributed by atoms with Gasteiger partial charge in [0.1, 0.15) is 0 Å². The summed E-state index contributed by atoms with van der Waals surface area (Å²) >= 11 is 0. The Morgan fingerprint density at radius 1 is 1.04 bits per heavy atom. The molecule has 1 aromatic heterocycles. The van der Waals surface area contributed by atoms with Gasteiger partial charge in [0.25, 0.3) is 11.5 Å². The van der Waals surface area contributed by atoms with E-state index in [0.717, 1.165) is 16.5 Å². The van der Waals surface area contributed by atoms with Crippen LogP contribution in [0.2, 0.25) is 0 Å². The number of hydrogen-bond acceptors (Lipinski definition) is 4. The number of aryl methyl sites for hydroxylation is 1. The summed E-state index contributed by atoms with van der Waals surface area (Å²) in [6.07, 6.45) is 0. The molecule has 3 aromatic rings. The van der Waals surface area contributed by atoms with Crippen molar-refractivity contribution in [2.24, 2.45) is 0 Å². The molecular formula is C20H20N2O4. The molecular weight excluding hydrogens is 332 g/mol. The molecule has 134 valence electrons. The summed E-state index contributed by atoms with van der Waals surface area (Å²) in [5.74, 6) is 0.722. The van der Waals surface area contributed by atoms with E-state index in [-0.39, 0.29) is 18.0 Å². The van der Waals surface area contributed by atoms with Crippen LogP contribution in [0, 0.1) is 6.92 Å². The van der Waals surface area contributed by atoms with Crippen LogP contribution in [0.3, 0.4) is 0 Å². The maximum atomic E-state index is 12.4. The Hall–Kier alpha value is -3.28. The number of rotatable bonds is 5. The topological polar surface area (TPSA) is 80.4 Å². The van der Waals surface area contributed by atoms with Crippen LogP contribution in [0.4, 0.5) is 0 Å². The molecule has 6 heteroatoms. The number of H-pyrrole nitrogens is 1. The van der Waals surface area contributed by atoms with Gasteiger partial charge in [-0.3, -0.25) is 9.59 Å². The van der Waals surface area contributed by atoms with Crippen molar-refractivity contribution < 1.29 is 14.3 Å². The van der Waals surface area contributed by atoms with Crippen molar-refractivity contribution in [2.45, 2.75) is 13.5 Å². The lowest BCUT2D eigenvalue weighted by Crippen LogP contribution is -2.26. The third-order valence-corrected chi connectivity index (χ3v) is 4.16. The summed E-state index contributed by atoms with van der Waals surface area (Å²) in [5, 5.41) is 3.70. The van der Waals surface area contributed by atoms with Gasteiger partial charge >= 0.3 is 0 Å². The van der Waals surface area contributed by atoms with E-state index < -0.39 is 0 Å². The molecule has 0 bridgehead atoms. The van der Waals surface area contributed by atoms with Gasteiger partial charge in [-0.1, -0.05) is 11.6 Å². The highest BCUT2D eigenvalue weighted by Crippen LogP contribution is 2.27. The van der Waals surface area contributed by atoms with Gasteiger partial charge in [0.2, 0.25) is 0 Å². The summed E-state index contributed by atoms with van der Waals surface area (Å²) in [5.41, 5.74) is 2.59. The van der Waals surface area contributed by atoms with Crippen LogP contribution in [0.5, 0.6) is 11.5 Å². The predicted molar refractivity (Wildman–Crippen MR) is 100 cm³/mol. The van der Waals surface area contributed by atoms with E-state index in [1.807, 2.05) is 25.1 Å². The first kappa shape index (κ1) is 17.5. The number of hydrogen-bond donors (Lipinski definition) is 2. The second-order valence-electron chi connectivity index (χ2n) is 5.97. The minimum atomic E-state index is -0.297. The van der Waals surface area contributed by atoms with Crippen molar-refractivity contribution in [1.29, 1.82) is 0 Å². The maximum Gasteiger partial charge on any atom is 0.253 e. The fourth-order valence-corrected chi connectivity index (χ4v) is 2.76. The van der Waals surface area contributed by atoms with Gasteiger partial charge in [0, 0.05) is 23.2 Å². The van der Waals surface area contributed by atoms with E-state index in [1.54, 1.807) is 24.3 Å². The minimum absolute atomic E-state index is 0.131. The Balaban J connectivity index is 1.80. The number of carbonyl (C=O) groups is 1. The molecule has 1 heterocycles. The van der Waals surface area contributed by atoms with Crippen LogP contribution in [-0.4, -0.2) is 25.1 Å². The largest absolute Gasteiger partial charge is 0.493 e. The molecule has 0 atom stereocenters. The fourth-order valence-electron chi connectivity index (χ4n) is 2.76. The highest BCUT2D eigenvalue weighted by molar-refractivity contribution is 5.94. The average Bonchev–Trinajstić information content (AvgIpc) is 2.65. The van der Waals surface area contributed by atoms with Crippen molar-refractivity contribution in [3.05, 3.63) is 69.5 Å². The zero-order valence-corrected chi connectivity index (χ0v) is 14.9. The normalized spacial score (nSPS) is 10.6. The molecule has 0 aliphatic heterocycles. The van der Waals surface area contributed by atoms with Gasteiger partial charge in [-0.15, -0.1) is 0 Å². The minimum Gasteiger partial charge on any atom is -0.493 e. The van der Waals surface area contributed by atoms with Crippen molar-refractivity contribution in [3.8, 4) is 11.5 Å². The number of methoxy groups -OCH3 is 2. The number of aromatic nitrogens is 1. The number of benzene rings is 2. The second kappa shape index (κ2) is 7.31. The maximum absolute atomic E-state index is 12.4. The van der Waals surface area contributed by atoms with Crippen LogP contribution < -0.4 is 20.3 Å². The third-order valence-electron chi connectivity index (χ3n) is 4.16. The Morgan fingerprint density at radius 2 is 1.81 bits per heavy atom. The first-order valence-electron chi connectivity index (χ1n) is 8.14. The lowest BCUT2D eigenvalue weighted by molar-refractivity contribution is 0.0950. The molecule has 26 heavy (non-hydrogen) atoms. The fraction of sp³-hybridized carbons (Fsp3) is 0.200. The predicted octanol–water partition coefficient (Wildman–Crippen LogP) is 2.78. The van der Waals surface area contributed by atoms with Crippen LogP contribution in [0.15, 0.2) is 47.3 Å². The zero-order valence-electron chi connectivity index (χ0n) is 14.9. The van der Waals surface area contributed by atoms with Crippen molar-refractivity contribution in [2.75, 3.05) is 14.2 Å². The molecule has 2 aromatic carbocycles. The van der Waals surface area contributed by atoms with E-state index in [2.05, 4.69) is 10.3 Å². The summed E-state index contributed by atoms with van der Waals surface area (Å²) in [6.45, 7) is 2.12. The lowest BCUT2D eigenvalue weighted by atomic mass is 10.1. The van der Waals surface area contributed by atoms with Crippen LogP contribution in [0.25, 0.3) is 10.9 Å². The number of carbonyl (C=O) groups excluding carboxylic acids is 1. The monoisotopic (exact) mass is 352 g/mol. The first-order chi connectivity index (χ1) is 12.5.